The van der Waals surface area contributed by atoms with Crippen molar-refractivity contribution in [3.63, 3.8) is 0 Å². The fourth-order valence-electron chi connectivity index (χ4n) is 2.76. The van der Waals surface area contributed by atoms with Gasteiger partial charge in [-0.25, -0.2) is 0 Å². The zero-order valence-corrected chi connectivity index (χ0v) is 12.5. The van der Waals surface area contributed by atoms with E-state index in [2.05, 4.69) is 30.4 Å². The number of fused-ring (bicyclic) bond motifs is 1. The van der Waals surface area contributed by atoms with Gasteiger partial charge in [-0.3, -0.25) is 0 Å². The molecular formula is C17H18N2S. The van der Waals surface area contributed by atoms with Gasteiger partial charge in [0.1, 0.15) is 0 Å². The van der Waals surface area contributed by atoms with E-state index in [4.69, 9.17) is 5.26 Å². The van der Waals surface area contributed by atoms with Gasteiger partial charge in [-0.15, -0.1) is 11.3 Å². The lowest BCUT2D eigenvalue weighted by Gasteiger charge is -2.07. The third-order valence-electron chi connectivity index (χ3n) is 3.88. The van der Waals surface area contributed by atoms with Crippen molar-refractivity contribution in [2.75, 3.05) is 0 Å². The SMILES string of the molecule is Cc1cc(C#N)ccc1CNCc1cc2c(s1)CCC2. The van der Waals surface area contributed by atoms with Crippen LogP contribution in [0.25, 0.3) is 0 Å². The smallest absolute Gasteiger partial charge is 0.0991 e. The third kappa shape index (κ3) is 2.77. The predicted octanol–water partition coefficient (Wildman–Crippen LogP) is 3.71. The number of thiophene rings is 1. The summed E-state index contributed by atoms with van der Waals surface area (Å²) in [5.41, 5.74) is 4.76. The summed E-state index contributed by atoms with van der Waals surface area (Å²) in [6, 6.07) is 10.4. The van der Waals surface area contributed by atoms with E-state index in [9.17, 15) is 0 Å². The zero-order chi connectivity index (χ0) is 13.9. The van der Waals surface area contributed by atoms with E-state index >= 15 is 0 Å². The predicted molar refractivity (Wildman–Crippen MR) is 82.8 cm³/mol. The first-order valence-corrected chi connectivity index (χ1v) is 7.89. The molecule has 1 N–H and O–H groups in total. The minimum atomic E-state index is 0.737. The summed E-state index contributed by atoms with van der Waals surface area (Å²) in [6.45, 7) is 3.87. The molecular weight excluding hydrogens is 264 g/mol. The second-order valence-corrected chi connectivity index (χ2v) is 6.59. The van der Waals surface area contributed by atoms with Crippen molar-refractivity contribution in [3.05, 3.63) is 56.3 Å². The Bertz CT molecular complexity index is 643. The van der Waals surface area contributed by atoms with Crippen molar-refractivity contribution < 1.29 is 0 Å². The van der Waals surface area contributed by atoms with Crippen LogP contribution >= 0.6 is 11.3 Å². The monoisotopic (exact) mass is 282 g/mol. The molecule has 0 radical (unpaired) electrons. The molecule has 0 bridgehead atoms. The maximum Gasteiger partial charge on any atom is 0.0991 e. The van der Waals surface area contributed by atoms with Gasteiger partial charge in [-0.2, -0.15) is 5.26 Å². The molecule has 0 unspecified atom stereocenters. The molecule has 2 nitrogen and oxygen atoms in total. The Morgan fingerprint density at radius 1 is 1.25 bits per heavy atom. The molecule has 1 heterocycles. The van der Waals surface area contributed by atoms with E-state index < -0.39 is 0 Å². The Hall–Kier alpha value is -1.63. The van der Waals surface area contributed by atoms with Gasteiger partial charge < -0.3 is 5.32 Å². The number of nitrogens with zero attached hydrogens (tertiary/aromatic N) is 1. The van der Waals surface area contributed by atoms with Crippen LogP contribution in [0.15, 0.2) is 24.3 Å². The van der Waals surface area contributed by atoms with E-state index in [1.54, 1.807) is 10.4 Å². The first-order chi connectivity index (χ1) is 9.76. The molecule has 3 rings (SSSR count). The number of hydrogen-bond acceptors (Lipinski definition) is 3. The minimum absolute atomic E-state index is 0.737. The number of rotatable bonds is 4. The maximum atomic E-state index is 8.87. The van der Waals surface area contributed by atoms with Gasteiger partial charge in [-0.05, 0) is 61.1 Å². The molecule has 2 aromatic rings. The normalized spacial score (nSPS) is 13.2. The van der Waals surface area contributed by atoms with Gasteiger partial charge >= 0.3 is 0 Å². The quantitative estimate of drug-likeness (QED) is 0.928. The molecule has 0 amide bonds. The Morgan fingerprint density at radius 2 is 2.15 bits per heavy atom. The van der Waals surface area contributed by atoms with Crippen LogP contribution in [0.1, 0.15) is 38.4 Å². The summed E-state index contributed by atoms with van der Waals surface area (Å²) in [5.74, 6) is 0. The summed E-state index contributed by atoms with van der Waals surface area (Å²) in [6.07, 6.45) is 3.87. The molecule has 1 aliphatic carbocycles. The average Bonchev–Trinajstić information content (AvgIpc) is 3.01. The highest BCUT2D eigenvalue weighted by Gasteiger charge is 2.14. The molecule has 0 atom stereocenters. The first kappa shape index (κ1) is 13.4. The molecule has 102 valence electrons. The number of aryl methyl sites for hydroxylation is 3. The summed E-state index contributed by atoms with van der Waals surface area (Å²) < 4.78 is 0. The summed E-state index contributed by atoms with van der Waals surface area (Å²) in [4.78, 5) is 3.04. The lowest BCUT2D eigenvalue weighted by molar-refractivity contribution is 0.697. The fourth-order valence-corrected chi connectivity index (χ4v) is 3.99. The maximum absolute atomic E-state index is 8.87. The highest BCUT2D eigenvalue weighted by Crippen LogP contribution is 2.30. The molecule has 1 aromatic carbocycles. The number of benzene rings is 1. The molecule has 0 fully saturated rings. The molecule has 0 aliphatic heterocycles. The van der Waals surface area contributed by atoms with E-state index in [1.807, 2.05) is 23.5 Å². The average molecular weight is 282 g/mol. The Labute approximate surface area is 124 Å². The topological polar surface area (TPSA) is 35.8 Å². The molecule has 20 heavy (non-hydrogen) atoms. The van der Waals surface area contributed by atoms with Crippen molar-refractivity contribution >= 4 is 11.3 Å². The third-order valence-corrected chi connectivity index (χ3v) is 5.12. The van der Waals surface area contributed by atoms with Gasteiger partial charge in [0.15, 0.2) is 0 Å². The second-order valence-electron chi connectivity index (χ2n) is 5.37. The molecule has 1 aromatic heterocycles. The fraction of sp³-hybridized carbons (Fsp3) is 0.353. The van der Waals surface area contributed by atoms with Gasteiger partial charge in [0.25, 0.3) is 0 Å². The van der Waals surface area contributed by atoms with E-state index in [-0.39, 0.29) is 0 Å². The molecule has 3 heteroatoms. The van der Waals surface area contributed by atoms with Crippen LogP contribution in [0.2, 0.25) is 0 Å². The van der Waals surface area contributed by atoms with Gasteiger partial charge in [0.05, 0.1) is 11.6 Å². The van der Waals surface area contributed by atoms with Gasteiger partial charge in [-0.1, -0.05) is 6.07 Å². The van der Waals surface area contributed by atoms with Crippen LogP contribution in [0, 0.1) is 18.3 Å². The Balaban J connectivity index is 1.58. The minimum Gasteiger partial charge on any atom is -0.308 e. The largest absolute Gasteiger partial charge is 0.308 e. The lowest BCUT2D eigenvalue weighted by atomic mass is 10.1. The highest BCUT2D eigenvalue weighted by molar-refractivity contribution is 7.12. The van der Waals surface area contributed by atoms with Crippen LogP contribution in [-0.4, -0.2) is 0 Å². The van der Waals surface area contributed by atoms with Crippen molar-refractivity contribution in [2.24, 2.45) is 0 Å². The second kappa shape index (κ2) is 5.78. The van der Waals surface area contributed by atoms with Crippen molar-refractivity contribution in [1.29, 1.82) is 5.26 Å². The van der Waals surface area contributed by atoms with Crippen LogP contribution in [-0.2, 0) is 25.9 Å². The van der Waals surface area contributed by atoms with Crippen LogP contribution < -0.4 is 5.32 Å². The van der Waals surface area contributed by atoms with E-state index in [0.29, 0.717) is 0 Å². The van der Waals surface area contributed by atoms with E-state index in [0.717, 1.165) is 18.7 Å². The van der Waals surface area contributed by atoms with Gasteiger partial charge in [0.2, 0.25) is 0 Å². The van der Waals surface area contributed by atoms with Gasteiger partial charge in [0, 0.05) is 22.8 Å². The standard InChI is InChI=1S/C17H18N2S/c1-12-7-13(9-18)5-6-15(12)10-19-11-16-8-14-3-2-4-17(14)20-16/h5-8,19H,2-4,10-11H2,1H3. The van der Waals surface area contributed by atoms with Crippen molar-refractivity contribution in [3.8, 4) is 6.07 Å². The van der Waals surface area contributed by atoms with Crippen LogP contribution in [0.3, 0.4) is 0 Å². The summed E-state index contributed by atoms with van der Waals surface area (Å²) in [5, 5.41) is 12.4. The van der Waals surface area contributed by atoms with E-state index in [1.165, 1.54) is 35.3 Å². The molecule has 0 saturated carbocycles. The number of nitriles is 1. The first-order valence-electron chi connectivity index (χ1n) is 7.07. The van der Waals surface area contributed by atoms with Crippen LogP contribution in [0.4, 0.5) is 0 Å². The molecule has 0 spiro atoms. The lowest BCUT2D eigenvalue weighted by Crippen LogP contribution is -2.12. The molecule has 1 aliphatic rings. The Kier molecular flexibility index (Phi) is 3.86. The number of nitrogens with one attached hydrogen (secondary N) is 1. The van der Waals surface area contributed by atoms with Crippen molar-refractivity contribution in [2.45, 2.75) is 39.3 Å². The zero-order valence-electron chi connectivity index (χ0n) is 11.7. The highest BCUT2D eigenvalue weighted by atomic mass is 32.1. The van der Waals surface area contributed by atoms with Crippen molar-refractivity contribution in [1.82, 2.24) is 5.32 Å². The van der Waals surface area contributed by atoms with Crippen LogP contribution in [0.5, 0.6) is 0 Å². The Morgan fingerprint density at radius 3 is 2.90 bits per heavy atom. The summed E-state index contributed by atoms with van der Waals surface area (Å²) in [7, 11) is 0. The summed E-state index contributed by atoms with van der Waals surface area (Å²) >= 11 is 1.96. The number of hydrogen-bond donors (Lipinski definition) is 1. The molecule has 0 saturated heterocycles.